The molecule has 0 unspecified atom stereocenters. The summed E-state index contributed by atoms with van der Waals surface area (Å²) in [5.41, 5.74) is 12.1. The van der Waals surface area contributed by atoms with Gasteiger partial charge < -0.3 is 89.9 Å². The van der Waals surface area contributed by atoms with Crippen molar-refractivity contribution in [1.29, 1.82) is 0 Å². The standard InChI is InChI=1S/2C23H23FN4O2.C22H21FN4O2.C21H20FN5O2.C21H19FN4O2/c1-13-6-19(24)22-26-20(12-28(22)9-13)18-7-16-4-5-17(8-21(16)30-23(18)29)27-10-14(2)25-15(3)11-27;1-15-10-19(24)22-25-20(14-28(22)13-15)18-11-16-4-5-17(12-21(16)30-23(18)29)27-7-3-6-26(2)8-9-27;1-14-9-18(23)21-24-19(13-27(21)12-14)17-10-15-3-4-16(11-20(15)29-22(17)28)26-7-5-25(2)6-8-26;1-12-9-27(10-13(2)24-12)14-6-17(22)15-8-16(20(28)29-19(15)7-14)18-11-26-5-3-4-23-21(26)25-18;1-13-8-17(22)20-24-18(12-26(20)11-13)16-9-14-2-3-15(10-19(14)28-21(16)27)25-6-4-23-5-7-25/h4-9,12,14-15,25H,10-11H2,1-3H3;4-5,10-14H,3,6-9H2,1-2H3;3-4,9-13H,5-8H2,1-2H3;3-8,11-13,24H,9-10H2,1-2H3;2-3,8-12,23H,4-7H2,1H3/t14-,15+;;;12-,13+;. The molecule has 3 N–H and O–H groups in total. The Labute approximate surface area is 831 Å². The first-order chi connectivity index (χ1) is 70.4. The van der Waals surface area contributed by atoms with E-state index in [2.05, 4.69) is 128 Å². The van der Waals surface area contributed by atoms with Crippen LogP contribution in [-0.2, 0) is 0 Å². The molecule has 20 aromatic rings. The van der Waals surface area contributed by atoms with Crippen LogP contribution in [0.25, 0.3) is 139 Å². The molecule has 5 aliphatic rings. The molecule has 0 amide bonds. The molecule has 5 aromatic carbocycles. The quantitative estimate of drug-likeness (QED) is 0.0846. The Hall–Kier alpha value is -16.0. The zero-order valence-corrected chi connectivity index (χ0v) is 82.1. The van der Waals surface area contributed by atoms with Crippen LogP contribution in [0.3, 0.4) is 0 Å². The Kier molecular flexibility index (Phi) is 26.3. The highest BCUT2D eigenvalue weighted by atomic mass is 19.1. The van der Waals surface area contributed by atoms with Gasteiger partial charge in [-0.2, -0.15) is 0 Å². The number of pyridine rings is 4. The molecule has 0 spiro atoms. The monoisotopic (exact) mass is 1980 g/mol. The summed E-state index contributed by atoms with van der Waals surface area (Å²) in [6, 6.07) is 44.3. The molecule has 746 valence electrons. The number of likely N-dealkylation sites (N-methyl/N-ethyl adjacent to an activating group) is 2. The van der Waals surface area contributed by atoms with Crippen molar-refractivity contribution >= 4 is 112 Å². The highest BCUT2D eigenvalue weighted by Crippen LogP contribution is 2.36. The summed E-state index contributed by atoms with van der Waals surface area (Å²) in [4.78, 5) is 105. The molecule has 36 heteroatoms. The van der Waals surface area contributed by atoms with Crippen molar-refractivity contribution < 1.29 is 44.0 Å². The molecule has 31 nitrogen and oxygen atoms in total. The minimum atomic E-state index is -0.556. The summed E-state index contributed by atoms with van der Waals surface area (Å²) in [6.45, 7) is 30.7. The number of hydrogen-bond donors (Lipinski definition) is 3. The summed E-state index contributed by atoms with van der Waals surface area (Å²) in [6.07, 6.45) is 19.9. The molecule has 5 saturated heterocycles. The topological polar surface area (TPSA) is 309 Å². The van der Waals surface area contributed by atoms with Crippen LogP contribution < -0.4 is 68.6 Å². The number of imidazole rings is 5. The van der Waals surface area contributed by atoms with Crippen LogP contribution in [0, 0.1) is 56.8 Å². The van der Waals surface area contributed by atoms with E-state index < -0.39 is 57.2 Å². The molecule has 15 aromatic heterocycles. The maximum atomic E-state index is 15.0. The molecule has 4 atom stereocenters. The van der Waals surface area contributed by atoms with Crippen LogP contribution in [0.1, 0.15) is 56.4 Å². The number of anilines is 5. The average Bonchev–Trinajstić information content (AvgIpc) is 1.69. The maximum absolute atomic E-state index is 15.0. The molecule has 5 aliphatic heterocycles. The molecule has 0 radical (unpaired) electrons. The second-order valence-electron chi connectivity index (χ2n) is 38.7. The molecule has 0 aliphatic carbocycles. The van der Waals surface area contributed by atoms with Gasteiger partial charge in [0.1, 0.15) is 33.7 Å². The van der Waals surface area contributed by atoms with Gasteiger partial charge in [0.25, 0.3) is 0 Å². The van der Waals surface area contributed by atoms with Gasteiger partial charge in [-0.25, -0.2) is 75.8 Å². The lowest BCUT2D eigenvalue weighted by atomic mass is 10.1. The minimum absolute atomic E-state index is 0.187. The number of rotatable bonds is 10. The first kappa shape index (κ1) is 96.1. The van der Waals surface area contributed by atoms with Gasteiger partial charge in [0.15, 0.2) is 45.9 Å². The normalized spacial score (nSPS) is 17.2. The summed E-state index contributed by atoms with van der Waals surface area (Å²) < 4.78 is 108. The van der Waals surface area contributed by atoms with Crippen LogP contribution in [0.5, 0.6) is 0 Å². The third kappa shape index (κ3) is 20.2. The van der Waals surface area contributed by atoms with Gasteiger partial charge in [0, 0.05) is 271 Å². The van der Waals surface area contributed by atoms with Crippen LogP contribution in [0.4, 0.5) is 50.4 Å². The number of nitrogens with one attached hydrogen (secondary N) is 3. The fraction of sp³-hybridized carbons (Fsp3) is 0.282. The molecule has 20 heterocycles. The number of benzene rings is 5. The Morgan fingerprint density at radius 3 is 1.01 bits per heavy atom. The Morgan fingerprint density at radius 1 is 0.315 bits per heavy atom. The molecule has 146 heavy (non-hydrogen) atoms. The number of nitrogens with zero attached hydrogens (tertiary/aromatic N) is 18. The number of aromatic nitrogens is 11. The van der Waals surface area contributed by atoms with Gasteiger partial charge in [-0.3, -0.25) is 4.40 Å². The van der Waals surface area contributed by atoms with Crippen molar-refractivity contribution in [3.05, 3.63) is 317 Å². The minimum Gasteiger partial charge on any atom is -0.422 e. The fourth-order valence-corrected chi connectivity index (χ4v) is 20.0. The molecule has 0 bridgehead atoms. The Morgan fingerprint density at radius 2 is 0.630 bits per heavy atom. The van der Waals surface area contributed by atoms with Gasteiger partial charge in [0.05, 0.1) is 61.7 Å². The predicted molar refractivity (Wildman–Crippen MR) is 558 cm³/mol. The summed E-state index contributed by atoms with van der Waals surface area (Å²) in [7, 11) is 4.25. The van der Waals surface area contributed by atoms with Crippen LogP contribution >= 0.6 is 0 Å². The number of halogens is 5. The van der Waals surface area contributed by atoms with Gasteiger partial charge in [-0.1, -0.05) is 0 Å². The van der Waals surface area contributed by atoms with E-state index in [-0.39, 0.29) is 51.2 Å². The van der Waals surface area contributed by atoms with Crippen molar-refractivity contribution in [2.75, 3.05) is 143 Å². The van der Waals surface area contributed by atoms with Gasteiger partial charge in [0.2, 0.25) is 5.78 Å². The smallest absolute Gasteiger partial charge is 0.345 e. The second-order valence-corrected chi connectivity index (χ2v) is 38.7. The fourth-order valence-electron chi connectivity index (χ4n) is 20.0. The van der Waals surface area contributed by atoms with E-state index in [1.807, 2.05) is 94.4 Å². The van der Waals surface area contributed by atoms with Gasteiger partial charge >= 0.3 is 28.1 Å². The lowest BCUT2D eigenvalue weighted by Gasteiger charge is -2.37. The SMILES string of the molecule is C[C@@H]1CN(c2cc(F)c3cc(-c4cn5cccnc5n4)c(=O)oc3c2)C[C@H](C)N1.Cc1cc(F)c2nc(-c3cc4ccc(N5CCCN(C)CC5)cc4oc3=O)cn2c1.Cc1cc(F)c2nc(-c3cc4ccc(N5CCN(C)CC5)cc4oc3=O)cn2c1.Cc1cc(F)c2nc(-c3cc4ccc(N5CCNCC5)cc4oc3=O)cn2c1.Cc1cc(F)c2nc(-c3cc4ccc(N5C[C@@H](C)N[C@@H](C)C5)cc4oc3=O)cn2c1. The molecule has 25 rings (SSSR count). The van der Waals surface area contributed by atoms with E-state index >= 15 is 0 Å². The molecule has 5 fully saturated rings. The lowest BCUT2D eigenvalue weighted by Crippen LogP contribution is -2.54. The van der Waals surface area contributed by atoms with Crippen LogP contribution in [0.2, 0.25) is 0 Å². The third-order valence-electron chi connectivity index (χ3n) is 27.1. The van der Waals surface area contributed by atoms with Crippen molar-refractivity contribution in [2.45, 2.75) is 86.0 Å². The summed E-state index contributed by atoms with van der Waals surface area (Å²) in [5, 5.41) is 13.8. The number of aryl methyl sites for hydroxylation is 4. The van der Waals surface area contributed by atoms with E-state index in [0.717, 1.165) is 178 Å². The number of hydrogen-bond acceptors (Lipinski definition) is 26. The van der Waals surface area contributed by atoms with Gasteiger partial charge in [-0.05, 0) is 220 Å². The maximum Gasteiger partial charge on any atom is 0.345 e. The van der Waals surface area contributed by atoms with Crippen LogP contribution in [-0.4, -0.2) is 205 Å². The average molecular weight is 1980 g/mol. The van der Waals surface area contributed by atoms with Crippen molar-refractivity contribution in [1.82, 2.24) is 77.7 Å². The Balaban J connectivity index is 0.000000107. The first-order valence-electron chi connectivity index (χ1n) is 48.7. The van der Waals surface area contributed by atoms with E-state index in [1.54, 1.807) is 127 Å². The molecule has 0 saturated carbocycles. The lowest BCUT2D eigenvalue weighted by molar-refractivity contribution is 0.313. The second kappa shape index (κ2) is 39.9. The van der Waals surface area contributed by atoms with Gasteiger partial charge in [-0.15, -0.1) is 0 Å². The summed E-state index contributed by atoms with van der Waals surface area (Å²) in [5.74, 6) is -1.65. The highest BCUT2D eigenvalue weighted by Gasteiger charge is 2.29. The van der Waals surface area contributed by atoms with Crippen molar-refractivity contribution in [2.24, 2.45) is 0 Å². The third-order valence-corrected chi connectivity index (χ3v) is 27.1. The van der Waals surface area contributed by atoms with Crippen molar-refractivity contribution in [3.63, 3.8) is 0 Å². The zero-order chi connectivity index (χ0) is 101. The molecular formula is C110H106F5N21O10. The number of fused-ring (bicyclic) bond motifs is 10. The van der Waals surface area contributed by atoms with Crippen molar-refractivity contribution in [3.8, 4) is 56.3 Å². The van der Waals surface area contributed by atoms with E-state index in [9.17, 15) is 45.9 Å². The number of piperazine rings is 4. The predicted octanol–water partition coefficient (Wildman–Crippen LogP) is 16.5. The largest absolute Gasteiger partial charge is 0.422 e. The Bertz CT molecular complexity index is 8740. The molecular weight excluding hydrogens is 1870 g/mol. The zero-order valence-electron chi connectivity index (χ0n) is 82.1. The van der Waals surface area contributed by atoms with E-state index in [4.69, 9.17) is 22.1 Å². The summed E-state index contributed by atoms with van der Waals surface area (Å²) >= 11 is 0. The van der Waals surface area contributed by atoms with Crippen LogP contribution in [0.15, 0.2) is 260 Å². The van der Waals surface area contributed by atoms with E-state index in [0.29, 0.717) is 96.6 Å². The first-order valence-corrected chi connectivity index (χ1v) is 48.7. The highest BCUT2D eigenvalue weighted by molar-refractivity contribution is 5.90. The van der Waals surface area contributed by atoms with E-state index in [1.165, 1.54) is 36.4 Å².